The van der Waals surface area contributed by atoms with Crippen molar-refractivity contribution in [2.45, 2.75) is 33.2 Å². The third kappa shape index (κ3) is 5.71. The van der Waals surface area contributed by atoms with E-state index in [4.69, 9.17) is 0 Å². The van der Waals surface area contributed by atoms with Crippen LogP contribution >= 0.6 is 0 Å². The molecular weight excluding hydrogens is 324 g/mol. The molecule has 3 rings (SSSR count). The Morgan fingerprint density at radius 3 is 2.69 bits per heavy atom. The van der Waals surface area contributed by atoms with Crippen molar-refractivity contribution in [3.05, 3.63) is 35.4 Å². The van der Waals surface area contributed by atoms with Gasteiger partial charge >= 0.3 is 6.03 Å². The highest BCUT2D eigenvalue weighted by Crippen LogP contribution is 2.14. The lowest BCUT2D eigenvalue weighted by Crippen LogP contribution is -2.52. The second-order valence-electron chi connectivity index (χ2n) is 8.03. The van der Waals surface area contributed by atoms with Gasteiger partial charge in [0.05, 0.1) is 0 Å². The van der Waals surface area contributed by atoms with Gasteiger partial charge in [0.15, 0.2) is 0 Å². The van der Waals surface area contributed by atoms with E-state index in [1.165, 1.54) is 37.1 Å². The van der Waals surface area contributed by atoms with Crippen molar-refractivity contribution in [3.8, 4) is 0 Å². The summed E-state index contributed by atoms with van der Waals surface area (Å²) < 4.78 is 0. The Hall–Kier alpha value is -1.59. The monoisotopic (exact) mass is 358 g/mol. The summed E-state index contributed by atoms with van der Waals surface area (Å²) in [6.45, 7) is 13.1. The molecule has 2 amide bonds. The van der Waals surface area contributed by atoms with Gasteiger partial charge in [0.2, 0.25) is 0 Å². The zero-order valence-electron chi connectivity index (χ0n) is 16.4. The molecule has 2 saturated heterocycles. The Kier molecular flexibility index (Phi) is 6.92. The maximum Gasteiger partial charge on any atom is 0.317 e. The number of nitrogens with one attached hydrogen (secondary N) is 1. The number of piperidine rings is 1. The van der Waals surface area contributed by atoms with Gasteiger partial charge in [0.25, 0.3) is 0 Å². The van der Waals surface area contributed by atoms with E-state index < -0.39 is 0 Å². The van der Waals surface area contributed by atoms with E-state index in [1.807, 2.05) is 4.90 Å². The van der Waals surface area contributed by atoms with Crippen LogP contribution in [0.25, 0.3) is 0 Å². The first kappa shape index (κ1) is 19.2. The largest absolute Gasteiger partial charge is 0.337 e. The average Bonchev–Trinajstić information content (AvgIpc) is 2.62. The van der Waals surface area contributed by atoms with Crippen LogP contribution in [-0.2, 0) is 6.54 Å². The lowest BCUT2D eigenvalue weighted by Gasteiger charge is -2.35. The van der Waals surface area contributed by atoms with Gasteiger partial charge in [-0.1, -0.05) is 36.8 Å². The molecule has 0 spiro atoms. The van der Waals surface area contributed by atoms with Crippen LogP contribution in [0.2, 0.25) is 0 Å². The number of rotatable bonds is 5. The van der Waals surface area contributed by atoms with Crippen LogP contribution in [0.1, 0.15) is 30.9 Å². The van der Waals surface area contributed by atoms with Gasteiger partial charge in [-0.15, -0.1) is 0 Å². The molecule has 2 heterocycles. The lowest BCUT2D eigenvalue weighted by molar-refractivity contribution is 0.133. The number of carbonyl (C=O) groups excluding carboxylic acids is 1. The molecule has 5 nitrogen and oxygen atoms in total. The van der Waals surface area contributed by atoms with Gasteiger partial charge in [-0.05, 0) is 37.8 Å². The van der Waals surface area contributed by atoms with E-state index in [1.54, 1.807) is 0 Å². The van der Waals surface area contributed by atoms with Crippen LogP contribution in [0.15, 0.2) is 24.3 Å². The maximum atomic E-state index is 12.4. The number of urea groups is 1. The number of carbonyl (C=O) groups is 1. The number of amides is 2. The summed E-state index contributed by atoms with van der Waals surface area (Å²) >= 11 is 0. The van der Waals surface area contributed by atoms with Crippen molar-refractivity contribution >= 4 is 6.03 Å². The number of nitrogens with zero attached hydrogens (tertiary/aromatic N) is 3. The smallest absolute Gasteiger partial charge is 0.317 e. The predicted molar refractivity (Wildman–Crippen MR) is 106 cm³/mol. The lowest BCUT2D eigenvalue weighted by atomic mass is 10.0. The van der Waals surface area contributed by atoms with Gasteiger partial charge in [-0.2, -0.15) is 0 Å². The Morgan fingerprint density at radius 1 is 1.15 bits per heavy atom. The van der Waals surface area contributed by atoms with Crippen molar-refractivity contribution in [2.24, 2.45) is 5.92 Å². The fourth-order valence-corrected chi connectivity index (χ4v) is 4.10. The minimum absolute atomic E-state index is 0.102. The Balaban J connectivity index is 1.34. The van der Waals surface area contributed by atoms with Gasteiger partial charge < -0.3 is 15.1 Å². The second-order valence-corrected chi connectivity index (χ2v) is 8.03. The van der Waals surface area contributed by atoms with Crippen LogP contribution in [0.3, 0.4) is 0 Å². The summed E-state index contributed by atoms with van der Waals surface area (Å²) in [6.07, 6.45) is 2.63. The summed E-state index contributed by atoms with van der Waals surface area (Å²) in [5.41, 5.74) is 2.67. The van der Waals surface area contributed by atoms with Gasteiger partial charge in [-0.3, -0.25) is 4.90 Å². The highest BCUT2D eigenvalue weighted by atomic mass is 16.2. The summed E-state index contributed by atoms with van der Waals surface area (Å²) in [5.74, 6) is 0.793. The van der Waals surface area contributed by atoms with Crippen LogP contribution < -0.4 is 5.32 Å². The highest BCUT2D eigenvalue weighted by molar-refractivity contribution is 5.74. The number of benzene rings is 1. The maximum absolute atomic E-state index is 12.4. The van der Waals surface area contributed by atoms with Gasteiger partial charge in [-0.25, -0.2) is 4.79 Å². The standard InChI is InChI=1S/C21H34N4O/c1-18-5-3-7-20(15-18)17-24-11-13-25(14-12-24)21(26)22-8-10-23-9-4-6-19(2)16-23/h3,5,7,15,19H,4,6,8-14,16-17H2,1-2H3,(H,22,26). The minimum atomic E-state index is 0.102. The van der Waals surface area contributed by atoms with Crippen molar-refractivity contribution in [1.29, 1.82) is 0 Å². The first-order chi connectivity index (χ1) is 12.6. The van der Waals surface area contributed by atoms with E-state index in [0.29, 0.717) is 0 Å². The Bertz CT molecular complexity index is 583. The summed E-state index contributed by atoms with van der Waals surface area (Å²) in [7, 11) is 0. The number of aryl methyl sites for hydroxylation is 1. The molecule has 1 aromatic carbocycles. The minimum Gasteiger partial charge on any atom is -0.337 e. The molecule has 1 atom stereocenters. The Morgan fingerprint density at radius 2 is 1.96 bits per heavy atom. The van der Waals surface area contributed by atoms with Crippen LogP contribution in [0.4, 0.5) is 4.79 Å². The molecule has 2 aliphatic rings. The summed E-state index contributed by atoms with van der Waals surface area (Å²) in [4.78, 5) is 19.3. The normalized spacial score (nSPS) is 22.4. The van der Waals surface area contributed by atoms with Crippen molar-refractivity contribution < 1.29 is 4.79 Å². The SMILES string of the molecule is Cc1cccc(CN2CCN(C(=O)NCCN3CCCC(C)C3)CC2)c1. The zero-order valence-corrected chi connectivity index (χ0v) is 16.4. The third-order valence-corrected chi connectivity index (χ3v) is 5.59. The fourth-order valence-electron chi connectivity index (χ4n) is 4.10. The molecule has 1 unspecified atom stereocenters. The molecular formula is C21H34N4O. The molecule has 0 radical (unpaired) electrons. The fraction of sp³-hybridized carbons (Fsp3) is 0.667. The van der Waals surface area contributed by atoms with Crippen molar-refractivity contribution in [3.63, 3.8) is 0 Å². The summed E-state index contributed by atoms with van der Waals surface area (Å²) in [5, 5.41) is 3.11. The van der Waals surface area contributed by atoms with E-state index in [-0.39, 0.29) is 6.03 Å². The van der Waals surface area contributed by atoms with E-state index in [9.17, 15) is 4.79 Å². The van der Waals surface area contributed by atoms with Crippen molar-refractivity contribution in [2.75, 3.05) is 52.4 Å². The molecule has 2 fully saturated rings. The highest BCUT2D eigenvalue weighted by Gasteiger charge is 2.21. The molecule has 1 aromatic rings. The second kappa shape index (κ2) is 9.38. The Labute approximate surface area is 158 Å². The molecule has 26 heavy (non-hydrogen) atoms. The summed E-state index contributed by atoms with van der Waals surface area (Å²) in [6, 6.07) is 8.80. The number of piperazine rings is 1. The number of hydrogen-bond donors (Lipinski definition) is 1. The molecule has 5 heteroatoms. The van der Waals surface area contributed by atoms with Crippen LogP contribution in [-0.4, -0.2) is 73.1 Å². The average molecular weight is 359 g/mol. The molecule has 0 bridgehead atoms. The van der Waals surface area contributed by atoms with Crippen LogP contribution in [0, 0.1) is 12.8 Å². The first-order valence-electron chi connectivity index (χ1n) is 10.1. The van der Waals surface area contributed by atoms with E-state index in [2.05, 4.69) is 53.2 Å². The van der Waals surface area contributed by atoms with Crippen LogP contribution in [0.5, 0.6) is 0 Å². The molecule has 1 N–H and O–H groups in total. The topological polar surface area (TPSA) is 38.8 Å². The zero-order chi connectivity index (χ0) is 18.4. The molecule has 0 saturated carbocycles. The number of likely N-dealkylation sites (tertiary alicyclic amines) is 1. The predicted octanol–water partition coefficient (Wildman–Crippen LogP) is 2.55. The van der Waals surface area contributed by atoms with E-state index in [0.717, 1.165) is 51.7 Å². The first-order valence-corrected chi connectivity index (χ1v) is 10.1. The molecule has 0 aliphatic carbocycles. The number of hydrogen-bond acceptors (Lipinski definition) is 3. The molecule has 2 aliphatic heterocycles. The molecule has 144 valence electrons. The van der Waals surface area contributed by atoms with E-state index >= 15 is 0 Å². The molecule has 0 aromatic heterocycles. The van der Waals surface area contributed by atoms with Gasteiger partial charge in [0.1, 0.15) is 0 Å². The quantitative estimate of drug-likeness (QED) is 0.879. The van der Waals surface area contributed by atoms with Gasteiger partial charge in [0, 0.05) is 52.4 Å². The van der Waals surface area contributed by atoms with Crippen molar-refractivity contribution in [1.82, 2.24) is 20.0 Å². The third-order valence-electron chi connectivity index (χ3n) is 5.59.